The van der Waals surface area contributed by atoms with Crippen LogP contribution in [0.25, 0.3) is 16.9 Å². The van der Waals surface area contributed by atoms with Crippen LogP contribution in [0.5, 0.6) is 5.75 Å². The standard InChI is InChI=1S/C28H32BrN7O4/c1-28(2,3)25-17-26(33-40-25)31-27(37)30-23-9-6-20(16-22(23)29)36-18-24(32-34-36)19-4-7-21(8-5-19)39-15-12-35-10-13-38-14-11-35/h4-9,16-18H,10-15H2,1-3H3,(H2,30,31,33,37). The Bertz CT molecular complexity index is 1440. The van der Waals surface area contributed by atoms with Crippen molar-refractivity contribution in [1.29, 1.82) is 0 Å². The molecule has 4 aromatic rings. The Morgan fingerprint density at radius 2 is 1.85 bits per heavy atom. The topological polar surface area (TPSA) is 120 Å². The summed E-state index contributed by atoms with van der Waals surface area (Å²) in [4.78, 5) is 14.8. The van der Waals surface area contributed by atoms with Gasteiger partial charge < -0.3 is 19.3 Å². The number of amides is 2. The Balaban J connectivity index is 1.16. The molecule has 5 rings (SSSR count). The molecule has 2 aromatic heterocycles. The van der Waals surface area contributed by atoms with Crippen LogP contribution in [-0.4, -0.2) is 70.5 Å². The van der Waals surface area contributed by atoms with Crippen LogP contribution in [0.3, 0.4) is 0 Å². The summed E-state index contributed by atoms with van der Waals surface area (Å²) >= 11 is 3.53. The number of hydrogen-bond donors (Lipinski definition) is 2. The lowest BCUT2D eigenvalue weighted by molar-refractivity contribution is 0.0322. The Hall–Kier alpha value is -3.74. The third-order valence-corrected chi connectivity index (χ3v) is 7.04. The molecule has 1 saturated heterocycles. The minimum absolute atomic E-state index is 0.204. The molecule has 0 radical (unpaired) electrons. The van der Waals surface area contributed by atoms with Gasteiger partial charge in [0.1, 0.15) is 23.8 Å². The fourth-order valence-electron chi connectivity index (χ4n) is 4.07. The molecule has 11 nitrogen and oxygen atoms in total. The van der Waals surface area contributed by atoms with Crippen molar-refractivity contribution in [2.24, 2.45) is 0 Å². The van der Waals surface area contributed by atoms with Gasteiger partial charge in [-0.2, -0.15) is 0 Å². The fraction of sp³-hybridized carbons (Fsp3) is 0.357. The summed E-state index contributed by atoms with van der Waals surface area (Å²) in [5.41, 5.74) is 2.84. The molecule has 2 amide bonds. The van der Waals surface area contributed by atoms with Crippen LogP contribution in [0.15, 0.2) is 63.7 Å². The van der Waals surface area contributed by atoms with Gasteiger partial charge in [-0.3, -0.25) is 10.2 Å². The summed E-state index contributed by atoms with van der Waals surface area (Å²) in [6.45, 7) is 11.0. The maximum Gasteiger partial charge on any atom is 0.324 e. The number of carbonyl (C=O) groups is 1. The van der Waals surface area contributed by atoms with Gasteiger partial charge in [0, 0.05) is 41.2 Å². The largest absolute Gasteiger partial charge is 0.492 e. The Kier molecular flexibility index (Phi) is 8.48. The first-order chi connectivity index (χ1) is 19.2. The molecule has 12 heteroatoms. The molecular weight excluding hydrogens is 578 g/mol. The molecule has 0 atom stereocenters. The molecule has 210 valence electrons. The van der Waals surface area contributed by atoms with E-state index in [-0.39, 0.29) is 5.41 Å². The second-order valence-corrected chi connectivity index (χ2v) is 11.3. The lowest BCUT2D eigenvalue weighted by Crippen LogP contribution is -2.38. The highest BCUT2D eigenvalue weighted by Gasteiger charge is 2.20. The number of halogens is 1. The molecule has 40 heavy (non-hydrogen) atoms. The number of nitrogens with one attached hydrogen (secondary N) is 2. The number of hydrogen-bond acceptors (Lipinski definition) is 8. The van der Waals surface area contributed by atoms with Crippen molar-refractivity contribution in [3.8, 4) is 22.7 Å². The quantitative estimate of drug-likeness (QED) is 0.275. The van der Waals surface area contributed by atoms with Crippen LogP contribution >= 0.6 is 15.9 Å². The number of benzene rings is 2. The number of ether oxygens (including phenoxy) is 2. The highest BCUT2D eigenvalue weighted by atomic mass is 79.9. The Morgan fingerprint density at radius 1 is 1.07 bits per heavy atom. The van der Waals surface area contributed by atoms with Gasteiger partial charge in [-0.1, -0.05) is 31.1 Å². The van der Waals surface area contributed by atoms with Crippen LogP contribution in [0.2, 0.25) is 0 Å². The molecule has 3 heterocycles. The van der Waals surface area contributed by atoms with E-state index in [0.717, 1.165) is 55.5 Å². The van der Waals surface area contributed by atoms with Gasteiger partial charge >= 0.3 is 6.03 Å². The average Bonchev–Trinajstić information content (AvgIpc) is 3.61. The number of anilines is 2. The van der Waals surface area contributed by atoms with Gasteiger partial charge in [-0.15, -0.1) is 5.10 Å². The molecule has 0 unspecified atom stereocenters. The van der Waals surface area contributed by atoms with E-state index in [1.165, 1.54) is 0 Å². The number of aromatic nitrogens is 4. The SMILES string of the molecule is CC(C)(C)c1cc(NC(=O)Nc2ccc(-n3cc(-c4ccc(OCCN5CCOCC5)cc4)nn3)cc2Br)no1. The first-order valence-electron chi connectivity index (χ1n) is 13.1. The third-order valence-electron chi connectivity index (χ3n) is 6.38. The summed E-state index contributed by atoms with van der Waals surface area (Å²) in [5.74, 6) is 1.85. The first-order valence-corrected chi connectivity index (χ1v) is 13.8. The molecule has 0 aliphatic carbocycles. The maximum absolute atomic E-state index is 12.5. The second kappa shape index (κ2) is 12.2. The summed E-state index contributed by atoms with van der Waals surface area (Å²) in [6.07, 6.45) is 1.85. The molecular formula is C28H32BrN7O4. The van der Waals surface area contributed by atoms with E-state index in [4.69, 9.17) is 14.0 Å². The van der Waals surface area contributed by atoms with E-state index in [0.29, 0.717) is 28.3 Å². The summed E-state index contributed by atoms with van der Waals surface area (Å²) in [7, 11) is 0. The molecule has 0 bridgehead atoms. The highest BCUT2D eigenvalue weighted by molar-refractivity contribution is 9.10. The lowest BCUT2D eigenvalue weighted by Gasteiger charge is -2.26. The van der Waals surface area contributed by atoms with E-state index in [1.807, 2.05) is 63.4 Å². The predicted molar refractivity (Wildman–Crippen MR) is 155 cm³/mol. The van der Waals surface area contributed by atoms with E-state index in [9.17, 15) is 4.79 Å². The van der Waals surface area contributed by atoms with Crippen LogP contribution < -0.4 is 15.4 Å². The molecule has 0 saturated carbocycles. The first kappa shape index (κ1) is 27.8. The van der Waals surface area contributed by atoms with Gasteiger partial charge in [0.25, 0.3) is 0 Å². The molecule has 2 aromatic carbocycles. The van der Waals surface area contributed by atoms with Gasteiger partial charge in [-0.25, -0.2) is 9.48 Å². The van der Waals surface area contributed by atoms with Crippen molar-refractivity contribution < 1.29 is 18.8 Å². The van der Waals surface area contributed by atoms with Crippen LogP contribution in [0, 0.1) is 0 Å². The van der Waals surface area contributed by atoms with Crippen LogP contribution in [-0.2, 0) is 10.2 Å². The van der Waals surface area contributed by atoms with E-state index in [2.05, 4.69) is 46.9 Å². The van der Waals surface area contributed by atoms with Crippen molar-refractivity contribution >= 4 is 33.5 Å². The van der Waals surface area contributed by atoms with Crippen molar-refractivity contribution in [2.45, 2.75) is 26.2 Å². The molecule has 1 aliphatic rings. The Morgan fingerprint density at radius 3 is 2.55 bits per heavy atom. The fourth-order valence-corrected chi connectivity index (χ4v) is 4.53. The van der Waals surface area contributed by atoms with E-state index < -0.39 is 6.03 Å². The van der Waals surface area contributed by atoms with Crippen LogP contribution in [0.4, 0.5) is 16.3 Å². The number of carbonyl (C=O) groups excluding carboxylic acids is 1. The smallest absolute Gasteiger partial charge is 0.324 e. The number of rotatable bonds is 8. The van der Waals surface area contributed by atoms with Crippen molar-refractivity contribution in [3.05, 3.63) is 65.0 Å². The molecule has 2 N–H and O–H groups in total. The third kappa shape index (κ3) is 7.06. The number of morpholine rings is 1. The monoisotopic (exact) mass is 609 g/mol. The van der Waals surface area contributed by atoms with Gasteiger partial charge in [-0.05, 0) is 58.4 Å². The van der Waals surface area contributed by atoms with Crippen molar-refractivity contribution in [1.82, 2.24) is 25.1 Å². The van der Waals surface area contributed by atoms with Gasteiger partial charge in [0.05, 0.1) is 30.8 Å². The van der Waals surface area contributed by atoms with Crippen LogP contribution in [0.1, 0.15) is 26.5 Å². The van der Waals surface area contributed by atoms with E-state index in [1.54, 1.807) is 16.8 Å². The number of urea groups is 1. The lowest BCUT2D eigenvalue weighted by atomic mass is 9.93. The summed E-state index contributed by atoms with van der Waals surface area (Å²) in [5, 5.41) is 18.0. The van der Waals surface area contributed by atoms with Crippen molar-refractivity contribution in [3.63, 3.8) is 0 Å². The number of nitrogens with zero attached hydrogens (tertiary/aromatic N) is 5. The normalized spacial score (nSPS) is 14.2. The zero-order valence-electron chi connectivity index (χ0n) is 22.7. The summed E-state index contributed by atoms with van der Waals surface area (Å²) < 4.78 is 19.0. The Labute approximate surface area is 240 Å². The molecule has 1 fully saturated rings. The minimum atomic E-state index is -0.432. The second-order valence-electron chi connectivity index (χ2n) is 10.4. The minimum Gasteiger partial charge on any atom is -0.492 e. The predicted octanol–water partition coefficient (Wildman–Crippen LogP) is 5.34. The zero-order chi connectivity index (χ0) is 28.1. The van der Waals surface area contributed by atoms with Gasteiger partial charge in [0.15, 0.2) is 5.82 Å². The molecule has 0 spiro atoms. The maximum atomic E-state index is 12.5. The zero-order valence-corrected chi connectivity index (χ0v) is 24.3. The van der Waals surface area contributed by atoms with Crippen molar-refractivity contribution in [2.75, 3.05) is 50.1 Å². The van der Waals surface area contributed by atoms with E-state index >= 15 is 0 Å². The molecule has 1 aliphatic heterocycles. The highest BCUT2D eigenvalue weighted by Crippen LogP contribution is 2.28. The average molecular weight is 611 g/mol. The van der Waals surface area contributed by atoms with Gasteiger partial charge in [0.2, 0.25) is 0 Å². The summed E-state index contributed by atoms with van der Waals surface area (Å²) in [6, 6.07) is 14.6.